The van der Waals surface area contributed by atoms with E-state index >= 15 is 0 Å². The summed E-state index contributed by atoms with van der Waals surface area (Å²) in [6.45, 7) is 5.06. The van der Waals surface area contributed by atoms with Crippen molar-refractivity contribution >= 4 is 11.6 Å². The molecular formula is C16H27N3O2. The van der Waals surface area contributed by atoms with Crippen LogP contribution in [0.5, 0.6) is 5.75 Å². The molecule has 0 saturated heterocycles. The molecule has 4 N–H and O–H groups in total. The summed E-state index contributed by atoms with van der Waals surface area (Å²) in [6.07, 6.45) is 2.70. The first-order valence-corrected chi connectivity index (χ1v) is 7.41. The Hall–Kier alpha value is -1.75. The molecule has 0 saturated carbocycles. The molecule has 0 bridgehead atoms. The van der Waals surface area contributed by atoms with Gasteiger partial charge in [-0.25, -0.2) is 0 Å². The van der Waals surface area contributed by atoms with E-state index in [2.05, 4.69) is 24.2 Å². The fourth-order valence-corrected chi connectivity index (χ4v) is 2.26. The molecule has 5 heteroatoms. The molecular weight excluding hydrogens is 266 g/mol. The van der Waals surface area contributed by atoms with E-state index in [0.29, 0.717) is 12.5 Å². The Morgan fingerprint density at radius 1 is 1.29 bits per heavy atom. The van der Waals surface area contributed by atoms with Crippen LogP contribution in [-0.4, -0.2) is 31.3 Å². The van der Waals surface area contributed by atoms with Gasteiger partial charge in [0.1, 0.15) is 5.75 Å². The van der Waals surface area contributed by atoms with Gasteiger partial charge in [0.25, 0.3) is 0 Å². The second kappa shape index (κ2) is 8.52. The van der Waals surface area contributed by atoms with Gasteiger partial charge in [-0.3, -0.25) is 4.99 Å². The van der Waals surface area contributed by atoms with Gasteiger partial charge in [-0.2, -0.15) is 0 Å². The van der Waals surface area contributed by atoms with E-state index in [1.165, 1.54) is 0 Å². The van der Waals surface area contributed by atoms with Gasteiger partial charge in [0.15, 0.2) is 5.96 Å². The molecule has 0 heterocycles. The van der Waals surface area contributed by atoms with E-state index in [1.54, 1.807) is 7.11 Å². The number of aliphatic hydroxyl groups excluding tert-OH is 1. The summed E-state index contributed by atoms with van der Waals surface area (Å²) in [4.78, 5) is 4.44. The summed E-state index contributed by atoms with van der Waals surface area (Å²) in [5, 5.41) is 12.3. The lowest BCUT2D eigenvalue weighted by Crippen LogP contribution is -2.29. The third-order valence-corrected chi connectivity index (χ3v) is 4.09. The molecule has 118 valence electrons. The van der Waals surface area contributed by atoms with E-state index in [-0.39, 0.29) is 12.0 Å². The Labute approximate surface area is 127 Å². The van der Waals surface area contributed by atoms with Gasteiger partial charge in [0.05, 0.1) is 7.11 Å². The van der Waals surface area contributed by atoms with Crippen LogP contribution in [0.15, 0.2) is 29.3 Å². The van der Waals surface area contributed by atoms with Crippen LogP contribution in [0.25, 0.3) is 0 Å². The fraction of sp³-hybridized carbons (Fsp3) is 0.562. The zero-order valence-electron chi connectivity index (χ0n) is 13.2. The van der Waals surface area contributed by atoms with Crippen LogP contribution in [0.3, 0.4) is 0 Å². The van der Waals surface area contributed by atoms with Crippen LogP contribution in [0.4, 0.5) is 5.69 Å². The van der Waals surface area contributed by atoms with Gasteiger partial charge in [-0.1, -0.05) is 13.8 Å². The molecule has 0 unspecified atom stereocenters. The van der Waals surface area contributed by atoms with Crippen LogP contribution < -0.4 is 15.8 Å². The maximum atomic E-state index is 9.21. The first-order valence-electron chi connectivity index (χ1n) is 7.41. The number of aliphatic imine (C=N–C) groups is 1. The first-order chi connectivity index (χ1) is 10.1. The summed E-state index contributed by atoms with van der Waals surface area (Å²) < 4.78 is 5.11. The van der Waals surface area contributed by atoms with Crippen molar-refractivity contribution in [3.8, 4) is 5.75 Å². The van der Waals surface area contributed by atoms with Gasteiger partial charge < -0.3 is 20.9 Å². The minimum atomic E-state index is 0.0287. The van der Waals surface area contributed by atoms with Crippen LogP contribution in [-0.2, 0) is 0 Å². The highest BCUT2D eigenvalue weighted by Crippen LogP contribution is 2.30. The normalized spacial score (nSPS) is 12.3. The summed E-state index contributed by atoms with van der Waals surface area (Å²) in [7, 11) is 1.63. The molecule has 0 aliphatic carbocycles. The Bertz CT molecular complexity index is 439. The van der Waals surface area contributed by atoms with Gasteiger partial charge in [-0.05, 0) is 48.9 Å². The molecule has 1 aromatic rings. The first kappa shape index (κ1) is 17.3. The summed E-state index contributed by atoms with van der Waals surface area (Å²) >= 11 is 0. The predicted octanol–water partition coefficient (Wildman–Crippen LogP) is 2.61. The molecule has 21 heavy (non-hydrogen) atoms. The maximum absolute atomic E-state index is 9.21. The highest BCUT2D eigenvalue weighted by atomic mass is 16.5. The number of aliphatic hydroxyl groups is 1. The van der Waals surface area contributed by atoms with E-state index < -0.39 is 0 Å². The molecule has 0 amide bonds. The van der Waals surface area contributed by atoms with E-state index in [4.69, 9.17) is 10.5 Å². The lowest BCUT2D eigenvalue weighted by Gasteiger charge is -2.29. The molecule has 0 radical (unpaired) electrons. The minimum absolute atomic E-state index is 0.0287. The van der Waals surface area contributed by atoms with Gasteiger partial charge in [-0.15, -0.1) is 0 Å². The zero-order valence-corrected chi connectivity index (χ0v) is 13.2. The Kier molecular flexibility index (Phi) is 7.02. The number of ether oxygens (including phenoxy) is 1. The quantitative estimate of drug-likeness (QED) is 0.508. The number of nitrogens with two attached hydrogens (primary N) is 1. The number of anilines is 1. The van der Waals surface area contributed by atoms with E-state index in [1.807, 2.05) is 24.3 Å². The maximum Gasteiger partial charge on any atom is 0.193 e. The smallest absolute Gasteiger partial charge is 0.193 e. The average molecular weight is 293 g/mol. The third kappa shape index (κ3) is 5.27. The monoisotopic (exact) mass is 293 g/mol. The second-order valence-electron chi connectivity index (χ2n) is 5.24. The molecule has 0 fully saturated rings. The molecule has 1 aromatic carbocycles. The summed E-state index contributed by atoms with van der Waals surface area (Å²) in [5.74, 6) is 1.19. The van der Waals surface area contributed by atoms with Crippen LogP contribution >= 0.6 is 0 Å². The van der Waals surface area contributed by atoms with Gasteiger partial charge >= 0.3 is 0 Å². The Morgan fingerprint density at radius 2 is 1.90 bits per heavy atom. The number of hydrogen-bond donors (Lipinski definition) is 3. The molecule has 0 spiro atoms. The van der Waals surface area contributed by atoms with Crippen molar-refractivity contribution in [3.63, 3.8) is 0 Å². The van der Waals surface area contributed by atoms with Crippen molar-refractivity contribution in [2.75, 3.05) is 25.6 Å². The van der Waals surface area contributed by atoms with Crippen molar-refractivity contribution in [2.45, 2.75) is 33.1 Å². The third-order valence-electron chi connectivity index (χ3n) is 4.09. The topological polar surface area (TPSA) is 79.9 Å². The molecule has 1 rings (SSSR count). The lowest BCUT2D eigenvalue weighted by molar-refractivity contribution is 0.175. The number of rotatable bonds is 8. The van der Waals surface area contributed by atoms with E-state index in [0.717, 1.165) is 30.7 Å². The second-order valence-corrected chi connectivity index (χ2v) is 5.24. The molecule has 0 aliphatic rings. The van der Waals surface area contributed by atoms with Crippen molar-refractivity contribution in [1.29, 1.82) is 0 Å². The number of methoxy groups -OCH3 is 1. The standard InChI is InChI=1S/C16H27N3O2/c1-4-16(5-2,10-11-20)12-18-15(17)19-13-6-8-14(21-3)9-7-13/h6-9,20H,4-5,10-12H2,1-3H3,(H3,17,18,19). The van der Waals surface area contributed by atoms with Crippen LogP contribution in [0.1, 0.15) is 33.1 Å². The number of hydrogen-bond acceptors (Lipinski definition) is 3. The number of benzene rings is 1. The van der Waals surface area contributed by atoms with Crippen molar-refractivity contribution in [1.82, 2.24) is 0 Å². The Morgan fingerprint density at radius 3 is 2.38 bits per heavy atom. The molecule has 5 nitrogen and oxygen atoms in total. The van der Waals surface area contributed by atoms with Crippen LogP contribution in [0, 0.1) is 5.41 Å². The summed E-state index contributed by atoms with van der Waals surface area (Å²) in [6, 6.07) is 7.51. The van der Waals surface area contributed by atoms with Crippen molar-refractivity contribution in [3.05, 3.63) is 24.3 Å². The largest absolute Gasteiger partial charge is 0.497 e. The Balaban J connectivity index is 2.66. The van der Waals surface area contributed by atoms with Gasteiger partial charge in [0.2, 0.25) is 0 Å². The summed E-state index contributed by atoms with van der Waals surface area (Å²) in [5.41, 5.74) is 6.84. The molecule has 0 aliphatic heterocycles. The van der Waals surface area contributed by atoms with Gasteiger partial charge in [0, 0.05) is 18.8 Å². The SMILES string of the molecule is CCC(CC)(CCO)CN=C(N)Nc1ccc(OC)cc1. The van der Waals surface area contributed by atoms with E-state index in [9.17, 15) is 5.11 Å². The number of nitrogens with zero attached hydrogens (tertiary/aromatic N) is 1. The lowest BCUT2D eigenvalue weighted by atomic mass is 9.79. The highest BCUT2D eigenvalue weighted by molar-refractivity contribution is 5.92. The number of guanidine groups is 1. The predicted molar refractivity (Wildman–Crippen MR) is 87.8 cm³/mol. The zero-order chi connectivity index (χ0) is 15.7. The average Bonchev–Trinajstić information content (AvgIpc) is 2.52. The highest BCUT2D eigenvalue weighted by Gasteiger charge is 2.25. The van der Waals surface area contributed by atoms with Crippen molar-refractivity contribution < 1.29 is 9.84 Å². The molecule has 0 aromatic heterocycles. The van der Waals surface area contributed by atoms with Crippen LogP contribution in [0.2, 0.25) is 0 Å². The fourth-order valence-electron chi connectivity index (χ4n) is 2.26. The molecule has 0 atom stereocenters. The van der Waals surface area contributed by atoms with Crippen molar-refractivity contribution in [2.24, 2.45) is 16.1 Å². The minimum Gasteiger partial charge on any atom is -0.497 e. The number of nitrogens with one attached hydrogen (secondary N) is 1.